The first kappa shape index (κ1) is 23.8. The van der Waals surface area contributed by atoms with Crippen LogP contribution in [-0.2, 0) is 13.0 Å². The van der Waals surface area contributed by atoms with Gasteiger partial charge in [-0.25, -0.2) is 0 Å². The van der Waals surface area contributed by atoms with Gasteiger partial charge in [-0.1, -0.05) is 38.2 Å². The fraction of sp³-hybridized carbons (Fsp3) is 0.571. The molecule has 2 saturated carbocycles. The summed E-state index contributed by atoms with van der Waals surface area (Å²) in [5.41, 5.74) is 0.666. The average Bonchev–Trinajstić information content (AvgIpc) is 3.49. The van der Waals surface area contributed by atoms with Crippen LogP contribution in [0.3, 0.4) is 0 Å². The number of carbonyl (C=O) groups excluding carboxylic acids is 2. The van der Waals surface area contributed by atoms with Crippen molar-refractivity contribution in [1.29, 1.82) is 0 Å². The molecule has 1 saturated heterocycles. The Labute approximate surface area is 206 Å². The zero-order chi connectivity index (χ0) is 24.2. The zero-order valence-corrected chi connectivity index (χ0v) is 20.5. The number of fused-ring (bicyclic) bond motifs is 2. The molecule has 7 heteroatoms. The van der Waals surface area contributed by atoms with Crippen LogP contribution in [0, 0.1) is 5.92 Å². The zero-order valence-electron chi connectivity index (χ0n) is 20.5. The minimum atomic E-state index is -0.449. The molecule has 0 spiro atoms. The van der Waals surface area contributed by atoms with E-state index >= 15 is 0 Å². The lowest BCUT2D eigenvalue weighted by atomic mass is 9.96. The van der Waals surface area contributed by atoms with Crippen LogP contribution in [-0.4, -0.2) is 44.9 Å². The number of piperidine rings is 1. The molecule has 3 heterocycles. The lowest BCUT2D eigenvalue weighted by Crippen LogP contribution is -2.42. The number of nitrogens with one attached hydrogen (secondary N) is 1. The number of carbonyl (C=O) groups is 2. The normalized spacial score (nSPS) is 22.6. The van der Waals surface area contributed by atoms with Crippen LogP contribution < -0.4 is 10.7 Å². The molecule has 186 valence electrons. The summed E-state index contributed by atoms with van der Waals surface area (Å²) in [6.45, 7) is 1.25. The highest BCUT2D eigenvalue weighted by Crippen LogP contribution is 2.37. The van der Waals surface area contributed by atoms with Crippen molar-refractivity contribution in [2.45, 2.75) is 89.3 Å². The third-order valence-corrected chi connectivity index (χ3v) is 8.02. The van der Waals surface area contributed by atoms with E-state index in [2.05, 4.69) is 10.3 Å². The molecule has 2 aliphatic carbocycles. The van der Waals surface area contributed by atoms with Crippen LogP contribution in [0.4, 0.5) is 0 Å². The van der Waals surface area contributed by atoms with Gasteiger partial charge in [-0.3, -0.25) is 19.4 Å². The van der Waals surface area contributed by atoms with Gasteiger partial charge in [-0.05, 0) is 50.2 Å². The van der Waals surface area contributed by atoms with E-state index in [1.807, 2.05) is 27.7 Å². The number of hydrogen-bond acceptors (Lipinski definition) is 4. The quantitative estimate of drug-likeness (QED) is 0.684. The van der Waals surface area contributed by atoms with E-state index in [1.165, 1.54) is 19.3 Å². The van der Waals surface area contributed by atoms with Crippen molar-refractivity contribution in [1.82, 2.24) is 19.8 Å². The Morgan fingerprint density at radius 1 is 0.971 bits per heavy atom. The van der Waals surface area contributed by atoms with E-state index in [-0.39, 0.29) is 35.0 Å². The Bertz CT molecular complexity index is 1100. The second-order valence-electron chi connectivity index (χ2n) is 10.5. The Kier molecular flexibility index (Phi) is 7.30. The molecular weight excluding hydrogens is 440 g/mol. The lowest BCUT2D eigenvalue weighted by Gasteiger charge is -2.27. The monoisotopic (exact) mass is 476 g/mol. The number of aromatic nitrogens is 2. The van der Waals surface area contributed by atoms with Crippen LogP contribution in [0.25, 0.3) is 0 Å². The number of nitrogens with zero attached hydrogens (tertiary/aromatic N) is 3. The molecule has 1 aliphatic heterocycles. The molecule has 5 rings (SSSR count). The maximum atomic E-state index is 13.5. The van der Waals surface area contributed by atoms with Gasteiger partial charge in [-0.15, -0.1) is 0 Å². The van der Waals surface area contributed by atoms with Crippen molar-refractivity contribution in [3.05, 3.63) is 63.8 Å². The van der Waals surface area contributed by atoms with Gasteiger partial charge in [0.1, 0.15) is 11.1 Å². The molecule has 2 aromatic rings. The van der Waals surface area contributed by atoms with Crippen LogP contribution in [0.2, 0.25) is 0 Å². The van der Waals surface area contributed by atoms with Gasteiger partial charge in [0.05, 0.1) is 0 Å². The van der Waals surface area contributed by atoms with Gasteiger partial charge in [-0.2, -0.15) is 0 Å². The molecule has 3 aliphatic rings. The summed E-state index contributed by atoms with van der Waals surface area (Å²) in [6, 6.07) is 6.08. The van der Waals surface area contributed by atoms with E-state index in [0.717, 1.165) is 57.2 Å². The summed E-state index contributed by atoms with van der Waals surface area (Å²) >= 11 is 0. The highest BCUT2D eigenvalue weighted by molar-refractivity contribution is 5.99. The average molecular weight is 477 g/mol. The molecule has 0 radical (unpaired) electrons. The highest BCUT2D eigenvalue weighted by atomic mass is 16.2. The van der Waals surface area contributed by atoms with E-state index in [1.54, 1.807) is 18.6 Å². The van der Waals surface area contributed by atoms with Crippen molar-refractivity contribution in [3.8, 4) is 0 Å². The first-order valence-electron chi connectivity index (χ1n) is 13.3. The Morgan fingerprint density at radius 3 is 2.43 bits per heavy atom. The molecule has 2 bridgehead atoms. The SMILES string of the molecule is O=C(NC1CCCCCCC1)c1cn(CCc2ccccn2)cc(C(=O)N2C[C@H]3CC[C@H]2C3)c1=O. The van der Waals surface area contributed by atoms with Gasteiger partial charge in [0, 0.05) is 55.9 Å². The second kappa shape index (κ2) is 10.8. The van der Waals surface area contributed by atoms with Crippen molar-refractivity contribution in [3.63, 3.8) is 0 Å². The molecule has 1 N–H and O–H groups in total. The predicted octanol–water partition coefficient (Wildman–Crippen LogP) is 3.95. The molecule has 2 amide bonds. The van der Waals surface area contributed by atoms with Crippen LogP contribution in [0.1, 0.15) is 90.6 Å². The number of amides is 2. The second-order valence-corrected chi connectivity index (χ2v) is 10.5. The molecule has 2 aromatic heterocycles. The molecule has 0 unspecified atom stereocenters. The van der Waals surface area contributed by atoms with Crippen molar-refractivity contribution >= 4 is 11.8 Å². The molecule has 3 fully saturated rings. The first-order chi connectivity index (χ1) is 17.1. The van der Waals surface area contributed by atoms with E-state index < -0.39 is 5.43 Å². The van der Waals surface area contributed by atoms with Crippen molar-refractivity contribution < 1.29 is 9.59 Å². The molecular formula is C28H36N4O3. The summed E-state index contributed by atoms with van der Waals surface area (Å²) in [4.78, 5) is 46.5. The maximum Gasteiger partial charge on any atom is 0.259 e. The number of pyridine rings is 2. The van der Waals surface area contributed by atoms with Gasteiger partial charge >= 0.3 is 0 Å². The van der Waals surface area contributed by atoms with E-state index in [9.17, 15) is 14.4 Å². The Morgan fingerprint density at radius 2 is 1.74 bits per heavy atom. The van der Waals surface area contributed by atoms with Gasteiger partial charge in [0.15, 0.2) is 0 Å². The summed E-state index contributed by atoms with van der Waals surface area (Å²) in [7, 11) is 0. The fourth-order valence-corrected chi connectivity index (χ4v) is 6.06. The van der Waals surface area contributed by atoms with Crippen LogP contribution in [0.15, 0.2) is 41.6 Å². The van der Waals surface area contributed by atoms with Gasteiger partial charge < -0.3 is 14.8 Å². The summed E-state index contributed by atoms with van der Waals surface area (Å²) in [6.07, 6.45) is 16.6. The molecule has 0 aromatic carbocycles. The van der Waals surface area contributed by atoms with E-state index in [0.29, 0.717) is 18.9 Å². The summed E-state index contributed by atoms with van der Waals surface area (Å²) in [5, 5.41) is 3.12. The largest absolute Gasteiger partial charge is 0.352 e. The summed E-state index contributed by atoms with van der Waals surface area (Å²) in [5.74, 6) is -0.0414. The maximum absolute atomic E-state index is 13.5. The number of rotatable bonds is 6. The van der Waals surface area contributed by atoms with Gasteiger partial charge in [0.2, 0.25) is 5.43 Å². The standard InChI is InChI=1S/C28H36N4O3/c33-26-24(27(34)30-22-9-4-2-1-3-5-10-22)18-31(15-13-21-8-6-7-14-29-21)19-25(26)28(35)32-17-20-11-12-23(32)16-20/h6-8,14,18-20,22-23H,1-5,9-13,15-17H2,(H,30,34)/t20-,23-/m0/s1. The van der Waals surface area contributed by atoms with Crippen LogP contribution in [0.5, 0.6) is 0 Å². The van der Waals surface area contributed by atoms with Crippen molar-refractivity contribution in [2.24, 2.45) is 5.92 Å². The lowest BCUT2D eigenvalue weighted by molar-refractivity contribution is 0.0701. The summed E-state index contributed by atoms with van der Waals surface area (Å²) < 4.78 is 1.82. The Balaban J connectivity index is 1.41. The molecule has 7 nitrogen and oxygen atoms in total. The third kappa shape index (κ3) is 5.49. The van der Waals surface area contributed by atoms with E-state index in [4.69, 9.17) is 0 Å². The minimum Gasteiger partial charge on any atom is -0.352 e. The van der Waals surface area contributed by atoms with Gasteiger partial charge in [0.25, 0.3) is 11.8 Å². The third-order valence-electron chi connectivity index (χ3n) is 8.02. The van der Waals surface area contributed by atoms with Crippen LogP contribution >= 0.6 is 0 Å². The first-order valence-corrected chi connectivity index (χ1v) is 13.3. The number of hydrogen-bond donors (Lipinski definition) is 1. The molecule has 35 heavy (non-hydrogen) atoms. The predicted molar refractivity (Wildman–Crippen MR) is 134 cm³/mol. The number of likely N-dealkylation sites (tertiary alicyclic amines) is 1. The van der Waals surface area contributed by atoms with Crippen molar-refractivity contribution in [2.75, 3.05) is 6.54 Å². The highest BCUT2D eigenvalue weighted by Gasteiger charge is 2.41. The Hall–Kier alpha value is -2.96. The smallest absolute Gasteiger partial charge is 0.259 e. The topological polar surface area (TPSA) is 84.3 Å². The molecule has 2 atom stereocenters. The number of aryl methyl sites for hydroxylation is 2. The minimum absolute atomic E-state index is 0.0725. The fourth-order valence-electron chi connectivity index (χ4n) is 6.06.